The van der Waals surface area contributed by atoms with Crippen molar-refractivity contribution in [2.45, 2.75) is 31.5 Å². The lowest BCUT2D eigenvalue weighted by molar-refractivity contribution is -0.149. The van der Waals surface area contributed by atoms with E-state index in [4.69, 9.17) is 9.84 Å². The van der Waals surface area contributed by atoms with Gasteiger partial charge in [-0.25, -0.2) is 4.79 Å². The Hall–Kier alpha value is -1.40. The van der Waals surface area contributed by atoms with Crippen molar-refractivity contribution in [3.63, 3.8) is 0 Å². The lowest BCUT2D eigenvalue weighted by Crippen LogP contribution is -2.33. The maximum Gasteiger partial charge on any atom is 0.332 e. The second kappa shape index (κ2) is 5.97. The summed E-state index contributed by atoms with van der Waals surface area (Å²) >= 11 is 1.54. The van der Waals surface area contributed by atoms with Gasteiger partial charge in [0.2, 0.25) is 5.91 Å². The maximum atomic E-state index is 11.6. The zero-order valence-electron chi connectivity index (χ0n) is 9.80. The lowest BCUT2D eigenvalue weighted by Gasteiger charge is -2.12. The van der Waals surface area contributed by atoms with Crippen molar-refractivity contribution in [3.05, 3.63) is 22.4 Å². The average Bonchev–Trinajstić information content (AvgIpc) is 2.96. The summed E-state index contributed by atoms with van der Waals surface area (Å²) in [6, 6.07) is 3.82. The highest BCUT2D eigenvalue weighted by atomic mass is 32.1. The summed E-state index contributed by atoms with van der Waals surface area (Å²) < 4.78 is 5.30. The van der Waals surface area contributed by atoms with Crippen LogP contribution in [0.25, 0.3) is 0 Å². The van der Waals surface area contributed by atoms with Gasteiger partial charge in [0.05, 0.1) is 12.5 Å². The van der Waals surface area contributed by atoms with Gasteiger partial charge in [0.1, 0.15) is 0 Å². The molecule has 0 aliphatic carbocycles. The first-order chi connectivity index (χ1) is 8.65. The van der Waals surface area contributed by atoms with Crippen molar-refractivity contribution in [1.82, 2.24) is 5.32 Å². The number of carbonyl (C=O) groups excluding carboxylic acids is 1. The van der Waals surface area contributed by atoms with Crippen LogP contribution < -0.4 is 5.32 Å². The minimum atomic E-state index is -0.928. The molecule has 0 radical (unpaired) electrons. The van der Waals surface area contributed by atoms with Crippen molar-refractivity contribution in [1.29, 1.82) is 0 Å². The number of amides is 1. The second-order valence-corrected chi connectivity index (χ2v) is 5.25. The Morgan fingerprint density at radius 1 is 1.50 bits per heavy atom. The molecule has 5 nitrogen and oxygen atoms in total. The molecular formula is C12H15NO4S. The first kappa shape index (κ1) is 13.0. The number of ether oxygens (including phenoxy) is 1. The number of hydrogen-bond donors (Lipinski definition) is 2. The zero-order valence-corrected chi connectivity index (χ0v) is 10.6. The van der Waals surface area contributed by atoms with Crippen LogP contribution in [0.4, 0.5) is 0 Å². The predicted octanol–water partition coefficient (Wildman–Crippen LogP) is 1.04. The molecule has 1 aliphatic rings. The fraction of sp³-hybridized carbons (Fsp3) is 0.500. The SMILES string of the molecule is O=C(Cc1cccs1)NCC1CCC(C(=O)O)O1. The van der Waals surface area contributed by atoms with E-state index in [1.54, 1.807) is 11.3 Å². The summed E-state index contributed by atoms with van der Waals surface area (Å²) in [4.78, 5) is 23.3. The summed E-state index contributed by atoms with van der Waals surface area (Å²) in [6.07, 6.45) is 0.659. The molecule has 1 aromatic rings. The van der Waals surface area contributed by atoms with Crippen LogP contribution >= 0.6 is 11.3 Å². The first-order valence-corrected chi connectivity index (χ1v) is 6.70. The first-order valence-electron chi connectivity index (χ1n) is 5.82. The number of nitrogens with one attached hydrogen (secondary N) is 1. The lowest BCUT2D eigenvalue weighted by atomic mass is 10.2. The van der Waals surface area contributed by atoms with E-state index < -0.39 is 12.1 Å². The van der Waals surface area contributed by atoms with Crippen LogP contribution in [-0.4, -0.2) is 35.7 Å². The van der Waals surface area contributed by atoms with Gasteiger partial charge in [-0.1, -0.05) is 6.07 Å². The molecule has 6 heteroatoms. The van der Waals surface area contributed by atoms with E-state index in [1.807, 2.05) is 17.5 Å². The van der Waals surface area contributed by atoms with Gasteiger partial charge in [0.15, 0.2) is 6.10 Å². The van der Waals surface area contributed by atoms with Crippen molar-refractivity contribution in [2.75, 3.05) is 6.54 Å². The molecule has 1 aliphatic heterocycles. The summed E-state index contributed by atoms with van der Waals surface area (Å²) in [5.41, 5.74) is 0. The molecule has 1 amide bonds. The van der Waals surface area contributed by atoms with Crippen LogP contribution in [0.2, 0.25) is 0 Å². The Labute approximate surface area is 109 Å². The van der Waals surface area contributed by atoms with Crippen molar-refractivity contribution < 1.29 is 19.4 Å². The number of thiophene rings is 1. The molecule has 0 bridgehead atoms. The van der Waals surface area contributed by atoms with Crippen LogP contribution in [-0.2, 0) is 20.7 Å². The number of rotatable bonds is 5. The van der Waals surface area contributed by atoms with Gasteiger partial charge in [-0.2, -0.15) is 0 Å². The normalized spacial score (nSPS) is 22.9. The molecule has 2 rings (SSSR count). The predicted molar refractivity (Wildman–Crippen MR) is 66.6 cm³/mol. The molecule has 0 aromatic carbocycles. The van der Waals surface area contributed by atoms with Gasteiger partial charge < -0.3 is 15.2 Å². The van der Waals surface area contributed by atoms with Gasteiger partial charge in [-0.15, -0.1) is 11.3 Å². The van der Waals surface area contributed by atoms with Crippen LogP contribution in [0.5, 0.6) is 0 Å². The molecule has 0 spiro atoms. The van der Waals surface area contributed by atoms with Crippen molar-refractivity contribution in [2.24, 2.45) is 0 Å². The third-order valence-corrected chi connectivity index (χ3v) is 3.70. The molecule has 1 aromatic heterocycles. The molecular weight excluding hydrogens is 254 g/mol. The summed E-state index contributed by atoms with van der Waals surface area (Å²) in [5.74, 6) is -0.984. The molecule has 1 fully saturated rings. The van der Waals surface area contributed by atoms with E-state index >= 15 is 0 Å². The van der Waals surface area contributed by atoms with Gasteiger partial charge in [-0.3, -0.25) is 4.79 Å². The van der Waals surface area contributed by atoms with E-state index in [-0.39, 0.29) is 12.0 Å². The fourth-order valence-electron chi connectivity index (χ4n) is 1.90. The van der Waals surface area contributed by atoms with E-state index in [0.717, 1.165) is 4.88 Å². The number of aliphatic carboxylic acids is 1. The Balaban J connectivity index is 1.69. The van der Waals surface area contributed by atoms with Crippen molar-refractivity contribution in [3.8, 4) is 0 Å². The second-order valence-electron chi connectivity index (χ2n) is 4.22. The monoisotopic (exact) mass is 269 g/mol. The number of carbonyl (C=O) groups is 2. The quantitative estimate of drug-likeness (QED) is 0.837. The van der Waals surface area contributed by atoms with E-state index in [1.165, 1.54) is 0 Å². The Morgan fingerprint density at radius 3 is 2.94 bits per heavy atom. The van der Waals surface area contributed by atoms with Crippen LogP contribution in [0.15, 0.2) is 17.5 Å². The molecule has 2 atom stereocenters. The van der Waals surface area contributed by atoms with Gasteiger partial charge in [-0.05, 0) is 24.3 Å². The summed E-state index contributed by atoms with van der Waals surface area (Å²) in [5, 5.41) is 13.5. The summed E-state index contributed by atoms with van der Waals surface area (Å²) in [6.45, 7) is 0.383. The Bertz CT molecular complexity index is 418. The van der Waals surface area contributed by atoms with Gasteiger partial charge in [0, 0.05) is 11.4 Å². The average molecular weight is 269 g/mol. The fourth-order valence-corrected chi connectivity index (χ4v) is 2.60. The highest BCUT2D eigenvalue weighted by molar-refractivity contribution is 7.10. The Morgan fingerprint density at radius 2 is 2.33 bits per heavy atom. The topological polar surface area (TPSA) is 75.6 Å². The maximum absolute atomic E-state index is 11.6. The molecule has 1 saturated heterocycles. The van der Waals surface area contributed by atoms with Crippen molar-refractivity contribution >= 4 is 23.2 Å². The molecule has 0 saturated carbocycles. The zero-order chi connectivity index (χ0) is 13.0. The van der Waals surface area contributed by atoms with E-state index in [2.05, 4.69) is 5.32 Å². The van der Waals surface area contributed by atoms with Crippen LogP contribution in [0, 0.1) is 0 Å². The smallest absolute Gasteiger partial charge is 0.332 e. The third kappa shape index (κ3) is 3.54. The molecule has 2 N–H and O–H groups in total. The minimum absolute atomic E-state index is 0.0557. The molecule has 98 valence electrons. The standard InChI is InChI=1S/C12H15NO4S/c14-11(6-9-2-1-5-18-9)13-7-8-3-4-10(17-8)12(15)16/h1-2,5,8,10H,3-4,6-7H2,(H,13,14)(H,15,16). The number of carboxylic acids is 1. The Kier molecular flexibility index (Phi) is 4.33. The molecule has 2 heterocycles. The van der Waals surface area contributed by atoms with Gasteiger partial charge in [0.25, 0.3) is 0 Å². The van der Waals surface area contributed by atoms with E-state index in [0.29, 0.717) is 25.8 Å². The number of hydrogen-bond acceptors (Lipinski definition) is 4. The molecule has 18 heavy (non-hydrogen) atoms. The summed E-state index contributed by atoms with van der Waals surface area (Å²) in [7, 11) is 0. The molecule has 2 unspecified atom stereocenters. The van der Waals surface area contributed by atoms with E-state index in [9.17, 15) is 9.59 Å². The van der Waals surface area contributed by atoms with Crippen LogP contribution in [0.3, 0.4) is 0 Å². The highest BCUT2D eigenvalue weighted by Gasteiger charge is 2.30. The minimum Gasteiger partial charge on any atom is -0.479 e. The number of carboxylic acid groups (broad SMARTS) is 1. The highest BCUT2D eigenvalue weighted by Crippen LogP contribution is 2.19. The third-order valence-electron chi connectivity index (χ3n) is 2.82. The van der Waals surface area contributed by atoms with Gasteiger partial charge >= 0.3 is 5.97 Å². The largest absolute Gasteiger partial charge is 0.479 e. The van der Waals surface area contributed by atoms with Crippen LogP contribution in [0.1, 0.15) is 17.7 Å².